The number of piperazine rings is 1. The number of thiophene rings is 1. The molecule has 2 heterocycles. The zero-order valence-electron chi connectivity index (χ0n) is 20.6. The van der Waals surface area contributed by atoms with E-state index < -0.39 is 35.6 Å². The lowest BCUT2D eigenvalue weighted by molar-refractivity contribution is -0.131. The number of carbonyl (C=O) groups is 4. The van der Waals surface area contributed by atoms with Crippen molar-refractivity contribution in [3.05, 3.63) is 87.9 Å². The topological polar surface area (TPSA) is 122 Å². The molecule has 2 atom stereocenters. The van der Waals surface area contributed by atoms with Gasteiger partial charge in [0.2, 0.25) is 11.8 Å². The normalized spacial score (nSPS) is 16.0. The van der Waals surface area contributed by atoms with Crippen LogP contribution in [-0.2, 0) is 16.0 Å². The molecular formula is C27H27FN4O5S. The van der Waals surface area contributed by atoms with Gasteiger partial charge in [-0.3, -0.25) is 19.2 Å². The quantitative estimate of drug-likeness (QED) is 0.455. The molecule has 1 fully saturated rings. The summed E-state index contributed by atoms with van der Waals surface area (Å²) in [5, 5.41) is 4.42. The molecule has 11 heteroatoms. The standard InChI is InChI=1S/C27H27FN4O5S/c1-37-20-9-7-17(8-10-20)14-21(24(29)33)30-25(34)22-16-31(26(35)18-4-2-5-19(28)15-18)11-12-32(22)27(36)23-6-3-13-38-23/h2-10,13,15,21-22H,11-12,14,16H2,1H3,(H2,29,33)(H,30,34)/t21-,22-/m0/s1. The van der Waals surface area contributed by atoms with Crippen molar-refractivity contribution in [2.24, 2.45) is 5.73 Å². The minimum atomic E-state index is -1.09. The van der Waals surface area contributed by atoms with Gasteiger partial charge < -0.3 is 25.6 Å². The molecule has 3 aromatic rings. The maximum Gasteiger partial charge on any atom is 0.264 e. The fraction of sp³-hybridized carbons (Fsp3) is 0.259. The van der Waals surface area contributed by atoms with Gasteiger partial charge in [0, 0.05) is 25.1 Å². The Hall–Kier alpha value is -4.25. The first kappa shape index (κ1) is 26.8. The molecule has 0 saturated carbocycles. The van der Waals surface area contributed by atoms with Crippen LogP contribution in [0.1, 0.15) is 25.6 Å². The van der Waals surface area contributed by atoms with Crippen LogP contribution in [0.2, 0.25) is 0 Å². The summed E-state index contributed by atoms with van der Waals surface area (Å²) < 4.78 is 18.9. The van der Waals surface area contributed by atoms with Gasteiger partial charge in [-0.15, -0.1) is 11.3 Å². The zero-order valence-corrected chi connectivity index (χ0v) is 21.4. The first-order chi connectivity index (χ1) is 18.3. The van der Waals surface area contributed by atoms with Crippen LogP contribution in [-0.4, -0.2) is 72.3 Å². The average Bonchev–Trinajstić information content (AvgIpc) is 3.47. The Kier molecular flexibility index (Phi) is 8.37. The number of nitrogens with one attached hydrogen (secondary N) is 1. The van der Waals surface area contributed by atoms with E-state index in [0.29, 0.717) is 10.6 Å². The number of rotatable bonds is 8. The fourth-order valence-corrected chi connectivity index (χ4v) is 4.95. The molecule has 4 amide bonds. The second-order valence-corrected chi connectivity index (χ2v) is 9.72. The molecule has 0 spiro atoms. The molecule has 0 aliphatic carbocycles. The van der Waals surface area contributed by atoms with Crippen LogP contribution in [0.3, 0.4) is 0 Å². The van der Waals surface area contributed by atoms with Crippen molar-refractivity contribution in [3.8, 4) is 5.75 Å². The van der Waals surface area contributed by atoms with Gasteiger partial charge in [-0.2, -0.15) is 0 Å². The minimum absolute atomic E-state index is 0.0790. The van der Waals surface area contributed by atoms with E-state index in [9.17, 15) is 23.6 Å². The molecule has 3 N–H and O–H groups in total. The molecule has 2 aromatic carbocycles. The van der Waals surface area contributed by atoms with Gasteiger partial charge in [-0.25, -0.2) is 4.39 Å². The summed E-state index contributed by atoms with van der Waals surface area (Å²) in [5.74, 6) is -2.10. The molecule has 0 bridgehead atoms. The van der Waals surface area contributed by atoms with E-state index >= 15 is 0 Å². The fourth-order valence-electron chi connectivity index (χ4n) is 4.27. The summed E-state index contributed by atoms with van der Waals surface area (Å²) in [7, 11) is 1.54. The number of amides is 4. The molecule has 1 aliphatic heterocycles. The highest BCUT2D eigenvalue weighted by Gasteiger charge is 2.39. The van der Waals surface area contributed by atoms with Crippen LogP contribution in [0.5, 0.6) is 5.75 Å². The molecule has 0 radical (unpaired) electrons. The number of carbonyl (C=O) groups excluding carboxylic acids is 4. The third-order valence-electron chi connectivity index (χ3n) is 6.29. The monoisotopic (exact) mass is 538 g/mol. The molecule has 1 aliphatic rings. The van der Waals surface area contributed by atoms with Crippen molar-refractivity contribution in [2.75, 3.05) is 26.7 Å². The van der Waals surface area contributed by atoms with Gasteiger partial charge >= 0.3 is 0 Å². The Balaban J connectivity index is 1.56. The van der Waals surface area contributed by atoms with Gasteiger partial charge in [0.25, 0.3) is 11.8 Å². The van der Waals surface area contributed by atoms with Crippen molar-refractivity contribution in [3.63, 3.8) is 0 Å². The molecule has 4 rings (SSSR count). The summed E-state index contributed by atoms with van der Waals surface area (Å²) in [6, 6.07) is 13.5. The number of hydrogen-bond donors (Lipinski definition) is 2. The molecule has 38 heavy (non-hydrogen) atoms. The van der Waals surface area contributed by atoms with E-state index in [-0.39, 0.29) is 37.5 Å². The molecule has 1 saturated heterocycles. The van der Waals surface area contributed by atoms with E-state index in [1.54, 1.807) is 41.8 Å². The van der Waals surface area contributed by atoms with E-state index in [1.807, 2.05) is 0 Å². The van der Waals surface area contributed by atoms with Gasteiger partial charge in [0.1, 0.15) is 23.7 Å². The lowest BCUT2D eigenvalue weighted by atomic mass is 10.0. The molecule has 1 aromatic heterocycles. The predicted octanol–water partition coefficient (Wildman–Crippen LogP) is 2.08. The summed E-state index contributed by atoms with van der Waals surface area (Å²) in [6.07, 6.45) is 0.128. The number of hydrogen-bond acceptors (Lipinski definition) is 6. The third-order valence-corrected chi connectivity index (χ3v) is 7.15. The maximum atomic E-state index is 13.7. The predicted molar refractivity (Wildman–Crippen MR) is 139 cm³/mol. The van der Waals surface area contributed by atoms with Gasteiger partial charge in [0.15, 0.2) is 0 Å². The number of halogens is 1. The van der Waals surface area contributed by atoms with E-state index in [4.69, 9.17) is 10.5 Å². The largest absolute Gasteiger partial charge is 0.497 e. The van der Waals surface area contributed by atoms with Crippen molar-refractivity contribution in [1.82, 2.24) is 15.1 Å². The van der Waals surface area contributed by atoms with Crippen LogP contribution in [0, 0.1) is 5.82 Å². The highest BCUT2D eigenvalue weighted by molar-refractivity contribution is 7.12. The lowest BCUT2D eigenvalue weighted by Crippen LogP contribution is -2.63. The van der Waals surface area contributed by atoms with Crippen molar-refractivity contribution in [1.29, 1.82) is 0 Å². The Morgan fingerprint density at radius 2 is 1.84 bits per heavy atom. The summed E-state index contributed by atoms with van der Waals surface area (Å²) in [4.78, 5) is 55.3. The first-order valence-corrected chi connectivity index (χ1v) is 12.8. The van der Waals surface area contributed by atoms with E-state index in [1.165, 1.54) is 46.4 Å². The lowest BCUT2D eigenvalue weighted by Gasteiger charge is -2.40. The van der Waals surface area contributed by atoms with Crippen LogP contribution in [0.15, 0.2) is 66.0 Å². The highest BCUT2D eigenvalue weighted by atomic mass is 32.1. The second kappa shape index (κ2) is 11.9. The van der Waals surface area contributed by atoms with Crippen molar-refractivity contribution >= 4 is 35.0 Å². The number of nitrogens with two attached hydrogens (primary N) is 1. The molecular weight excluding hydrogens is 511 g/mol. The number of methoxy groups -OCH3 is 1. The second-order valence-electron chi connectivity index (χ2n) is 8.77. The molecule has 9 nitrogen and oxygen atoms in total. The number of ether oxygens (including phenoxy) is 1. The zero-order chi connectivity index (χ0) is 27.2. The Bertz CT molecular complexity index is 1320. The molecule has 198 valence electrons. The van der Waals surface area contributed by atoms with Crippen LogP contribution < -0.4 is 15.8 Å². The van der Waals surface area contributed by atoms with Crippen molar-refractivity contribution in [2.45, 2.75) is 18.5 Å². The van der Waals surface area contributed by atoms with E-state index in [0.717, 1.165) is 11.6 Å². The average molecular weight is 539 g/mol. The molecule has 0 unspecified atom stereocenters. The maximum absolute atomic E-state index is 13.7. The smallest absolute Gasteiger partial charge is 0.264 e. The first-order valence-electron chi connectivity index (χ1n) is 11.9. The van der Waals surface area contributed by atoms with Crippen LogP contribution >= 0.6 is 11.3 Å². The Labute approximate surface area is 223 Å². The Morgan fingerprint density at radius 3 is 2.47 bits per heavy atom. The SMILES string of the molecule is COc1ccc(C[C@H](NC(=O)[C@@H]2CN(C(=O)c3cccc(F)c3)CCN2C(=O)c2cccs2)C(N)=O)cc1. The van der Waals surface area contributed by atoms with Gasteiger partial charge in [-0.05, 0) is 47.3 Å². The van der Waals surface area contributed by atoms with E-state index in [2.05, 4.69) is 5.32 Å². The minimum Gasteiger partial charge on any atom is -0.497 e. The third kappa shape index (κ3) is 6.17. The van der Waals surface area contributed by atoms with Gasteiger partial charge in [0.05, 0.1) is 18.5 Å². The number of nitrogens with zero attached hydrogens (tertiary/aromatic N) is 2. The van der Waals surface area contributed by atoms with Crippen molar-refractivity contribution < 1.29 is 28.3 Å². The summed E-state index contributed by atoms with van der Waals surface area (Å²) in [6.45, 7) is 0.100. The number of benzene rings is 2. The summed E-state index contributed by atoms with van der Waals surface area (Å²) >= 11 is 1.24. The number of primary amides is 1. The summed E-state index contributed by atoms with van der Waals surface area (Å²) in [5.41, 5.74) is 6.48. The van der Waals surface area contributed by atoms with Crippen LogP contribution in [0.4, 0.5) is 4.39 Å². The van der Waals surface area contributed by atoms with Crippen LogP contribution in [0.25, 0.3) is 0 Å². The van der Waals surface area contributed by atoms with Gasteiger partial charge in [-0.1, -0.05) is 24.3 Å². The highest BCUT2D eigenvalue weighted by Crippen LogP contribution is 2.20. The Morgan fingerprint density at radius 1 is 1.08 bits per heavy atom.